The largest absolute Gasteiger partial charge is 0.394 e. The van der Waals surface area contributed by atoms with Crippen molar-refractivity contribution in [2.75, 3.05) is 25.2 Å². The van der Waals surface area contributed by atoms with Crippen molar-refractivity contribution < 1.29 is 9.84 Å². The molecule has 90 valence electrons. The molecule has 0 aliphatic carbocycles. The number of hydrogen-bond acceptors (Lipinski definition) is 5. The Bertz CT molecular complexity index is 537. The van der Waals surface area contributed by atoms with Gasteiger partial charge in [0.2, 0.25) is 0 Å². The molecule has 17 heavy (non-hydrogen) atoms. The van der Waals surface area contributed by atoms with Gasteiger partial charge in [0.1, 0.15) is 11.5 Å². The minimum Gasteiger partial charge on any atom is -0.394 e. The standard InChI is InChI=1S/C11H13N3O3/c1-17-10-3-2-8-11-13(10)5-7(6-15)14(11)9(16)4-12-8/h2-4,7,10,15H,5-6H2,1H3/t7-,10?/m0/s1. The Balaban J connectivity index is 2.22. The van der Waals surface area contributed by atoms with Crippen LogP contribution in [0.1, 0.15) is 11.7 Å². The minimum atomic E-state index is -0.225. The number of rotatable bonds is 2. The SMILES string of the molecule is COC1C=Cc2ncc(=O)n3c2N1C[C@H]3CO. The van der Waals surface area contributed by atoms with Crippen molar-refractivity contribution in [3.05, 3.63) is 28.3 Å². The average Bonchev–Trinajstić information content (AvgIpc) is 2.75. The summed E-state index contributed by atoms with van der Waals surface area (Å²) in [4.78, 5) is 17.9. The molecule has 0 spiro atoms. The van der Waals surface area contributed by atoms with E-state index in [1.165, 1.54) is 6.20 Å². The molecular formula is C11H13N3O3. The van der Waals surface area contributed by atoms with Crippen LogP contribution in [-0.2, 0) is 4.74 Å². The molecule has 0 fully saturated rings. The third-order valence-electron chi connectivity index (χ3n) is 3.23. The van der Waals surface area contributed by atoms with Crippen LogP contribution in [0.3, 0.4) is 0 Å². The topological polar surface area (TPSA) is 67.6 Å². The lowest BCUT2D eigenvalue weighted by atomic mass is 10.2. The normalized spacial score (nSPS) is 25.2. The predicted octanol–water partition coefficient (Wildman–Crippen LogP) is -0.404. The molecule has 1 unspecified atom stereocenters. The summed E-state index contributed by atoms with van der Waals surface area (Å²) in [6, 6.07) is -0.225. The molecular weight excluding hydrogens is 222 g/mol. The van der Waals surface area contributed by atoms with Gasteiger partial charge in [-0.2, -0.15) is 0 Å². The van der Waals surface area contributed by atoms with Gasteiger partial charge in [-0.25, -0.2) is 4.98 Å². The van der Waals surface area contributed by atoms with Crippen LogP contribution in [0.2, 0.25) is 0 Å². The maximum Gasteiger partial charge on any atom is 0.271 e. The van der Waals surface area contributed by atoms with Crippen LogP contribution < -0.4 is 10.5 Å². The molecule has 6 heteroatoms. The molecule has 6 nitrogen and oxygen atoms in total. The van der Waals surface area contributed by atoms with Crippen LogP contribution in [0.4, 0.5) is 5.82 Å². The highest BCUT2D eigenvalue weighted by molar-refractivity contribution is 5.67. The molecule has 0 aromatic carbocycles. The lowest BCUT2D eigenvalue weighted by molar-refractivity contribution is 0.135. The number of anilines is 1. The zero-order chi connectivity index (χ0) is 12.0. The van der Waals surface area contributed by atoms with Gasteiger partial charge in [-0.1, -0.05) is 0 Å². The van der Waals surface area contributed by atoms with Crippen LogP contribution >= 0.6 is 0 Å². The van der Waals surface area contributed by atoms with E-state index >= 15 is 0 Å². The second-order valence-corrected chi connectivity index (χ2v) is 4.15. The first-order chi connectivity index (χ1) is 8.26. The van der Waals surface area contributed by atoms with Gasteiger partial charge in [0, 0.05) is 13.7 Å². The Hall–Kier alpha value is -1.66. The van der Waals surface area contributed by atoms with Gasteiger partial charge in [0.05, 0.1) is 18.8 Å². The van der Waals surface area contributed by atoms with Crippen molar-refractivity contribution >= 4 is 11.9 Å². The molecule has 1 N–H and O–H groups in total. The van der Waals surface area contributed by atoms with E-state index in [9.17, 15) is 9.90 Å². The quantitative estimate of drug-likeness (QED) is 0.755. The van der Waals surface area contributed by atoms with E-state index in [4.69, 9.17) is 4.74 Å². The monoisotopic (exact) mass is 235 g/mol. The number of aliphatic hydroxyl groups excluding tert-OH is 1. The summed E-state index contributed by atoms with van der Waals surface area (Å²) in [5.41, 5.74) is 0.560. The van der Waals surface area contributed by atoms with E-state index in [1.54, 1.807) is 11.7 Å². The summed E-state index contributed by atoms with van der Waals surface area (Å²) in [6.07, 6.45) is 4.83. The summed E-state index contributed by atoms with van der Waals surface area (Å²) < 4.78 is 6.93. The van der Waals surface area contributed by atoms with Crippen LogP contribution in [0.25, 0.3) is 6.08 Å². The zero-order valence-electron chi connectivity index (χ0n) is 9.41. The van der Waals surface area contributed by atoms with Crippen LogP contribution in [-0.4, -0.2) is 41.1 Å². The fraction of sp³-hybridized carbons (Fsp3) is 0.455. The van der Waals surface area contributed by atoms with Gasteiger partial charge in [-0.05, 0) is 12.2 Å². The molecule has 0 bridgehead atoms. The second-order valence-electron chi connectivity index (χ2n) is 4.15. The van der Waals surface area contributed by atoms with Gasteiger partial charge in [0.15, 0.2) is 6.23 Å². The molecule has 2 atom stereocenters. The zero-order valence-corrected chi connectivity index (χ0v) is 9.41. The molecule has 0 amide bonds. The molecule has 1 aromatic rings. The first-order valence-corrected chi connectivity index (χ1v) is 5.46. The van der Waals surface area contributed by atoms with Crippen LogP contribution in [0.15, 0.2) is 17.1 Å². The number of hydrogen-bond donors (Lipinski definition) is 1. The molecule has 2 aliphatic heterocycles. The Morgan fingerprint density at radius 2 is 2.47 bits per heavy atom. The van der Waals surface area contributed by atoms with Crippen molar-refractivity contribution in [3.8, 4) is 0 Å². The number of nitrogens with zero attached hydrogens (tertiary/aromatic N) is 3. The Morgan fingerprint density at radius 1 is 1.65 bits per heavy atom. The fourth-order valence-electron chi connectivity index (χ4n) is 2.47. The Kier molecular flexibility index (Phi) is 2.27. The fourth-order valence-corrected chi connectivity index (χ4v) is 2.47. The van der Waals surface area contributed by atoms with E-state index in [-0.39, 0.29) is 24.4 Å². The van der Waals surface area contributed by atoms with Gasteiger partial charge >= 0.3 is 0 Å². The summed E-state index contributed by atoms with van der Waals surface area (Å²) in [6.45, 7) is 0.497. The summed E-state index contributed by atoms with van der Waals surface area (Å²) in [5.74, 6) is 0.742. The predicted molar refractivity (Wildman–Crippen MR) is 61.8 cm³/mol. The maximum absolute atomic E-state index is 11.8. The van der Waals surface area contributed by atoms with E-state index in [0.717, 1.165) is 11.5 Å². The van der Waals surface area contributed by atoms with E-state index in [2.05, 4.69) is 4.98 Å². The van der Waals surface area contributed by atoms with E-state index in [0.29, 0.717) is 6.54 Å². The molecule has 2 aliphatic rings. The van der Waals surface area contributed by atoms with Crippen molar-refractivity contribution in [3.63, 3.8) is 0 Å². The van der Waals surface area contributed by atoms with Crippen molar-refractivity contribution in [1.82, 2.24) is 9.55 Å². The first kappa shape index (κ1) is 10.5. The van der Waals surface area contributed by atoms with Crippen LogP contribution in [0, 0.1) is 0 Å². The molecule has 3 rings (SSSR count). The Labute approximate surface area is 97.8 Å². The second kappa shape index (κ2) is 3.68. The number of methoxy groups -OCH3 is 1. The van der Waals surface area contributed by atoms with Crippen molar-refractivity contribution in [2.45, 2.75) is 12.3 Å². The van der Waals surface area contributed by atoms with Crippen LogP contribution in [0.5, 0.6) is 0 Å². The Morgan fingerprint density at radius 3 is 3.18 bits per heavy atom. The number of aromatic nitrogens is 2. The number of aliphatic hydroxyl groups is 1. The molecule has 0 saturated heterocycles. The highest BCUT2D eigenvalue weighted by atomic mass is 16.5. The summed E-state index contributed by atoms with van der Waals surface area (Å²) in [7, 11) is 1.62. The van der Waals surface area contributed by atoms with Gasteiger partial charge in [-0.3, -0.25) is 9.36 Å². The van der Waals surface area contributed by atoms with Gasteiger partial charge < -0.3 is 14.7 Å². The molecule has 0 radical (unpaired) electrons. The maximum atomic E-state index is 11.8. The molecule has 0 saturated carbocycles. The van der Waals surface area contributed by atoms with Gasteiger partial charge in [0.25, 0.3) is 5.56 Å². The van der Waals surface area contributed by atoms with Crippen molar-refractivity contribution in [1.29, 1.82) is 0 Å². The third-order valence-corrected chi connectivity index (χ3v) is 3.23. The summed E-state index contributed by atoms with van der Waals surface area (Å²) >= 11 is 0. The highest BCUT2D eigenvalue weighted by Crippen LogP contribution is 2.34. The lowest BCUT2D eigenvalue weighted by Crippen LogP contribution is -2.36. The highest BCUT2D eigenvalue weighted by Gasteiger charge is 2.36. The van der Waals surface area contributed by atoms with Crippen molar-refractivity contribution in [2.24, 2.45) is 0 Å². The summed E-state index contributed by atoms with van der Waals surface area (Å²) in [5, 5.41) is 9.35. The molecule has 1 aromatic heterocycles. The van der Waals surface area contributed by atoms with E-state index < -0.39 is 0 Å². The van der Waals surface area contributed by atoms with Gasteiger partial charge in [-0.15, -0.1) is 0 Å². The molecule has 3 heterocycles. The van der Waals surface area contributed by atoms with E-state index in [1.807, 2.05) is 17.1 Å². The average molecular weight is 235 g/mol. The lowest BCUT2D eigenvalue weighted by Gasteiger charge is -2.29. The number of ether oxygens (including phenoxy) is 1. The smallest absolute Gasteiger partial charge is 0.271 e. The minimum absolute atomic E-state index is 0.0662. The third kappa shape index (κ3) is 1.34. The first-order valence-electron chi connectivity index (χ1n) is 5.46.